The lowest BCUT2D eigenvalue weighted by Gasteiger charge is -2.22. The molecule has 110 valence electrons. The van der Waals surface area contributed by atoms with E-state index < -0.39 is 0 Å². The maximum absolute atomic E-state index is 12.5. The van der Waals surface area contributed by atoms with Gasteiger partial charge in [-0.15, -0.1) is 0 Å². The summed E-state index contributed by atoms with van der Waals surface area (Å²) in [6, 6.07) is 8.17. The molecule has 1 fully saturated rings. The van der Waals surface area contributed by atoms with E-state index in [4.69, 9.17) is 0 Å². The predicted octanol–water partition coefficient (Wildman–Crippen LogP) is 2.90. The molecule has 0 saturated carbocycles. The van der Waals surface area contributed by atoms with Crippen molar-refractivity contribution < 1.29 is 4.79 Å². The topological polar surface area (TPSA) is 54.0 Å². The largest absolute Gasteiger partial charge is 0.373 e. The summed E-state index contributed by atoms with van der Waals surface area (Å²) < 4.78 is 0. The number of pyridine rings is 1. The molecule has 0 radical (unpaired) electrons. The number of fused-ring (bicyclic) bond motifs is 1. The molecule has 1 aliphatic heterocycles. The van der Waals surface area contributed by atoms with Crippen LogP contribution in [0.25, 0.3) is 10.8 Å². The molecule has 2 heterocycles. The zero-order valence-corrected chi connectivity index (χ0v) is 12.9. The number of carbonyl (C=O) groups is 1. The first kappa shape index (κ1) is 14.2. The van der Waals surface area contributed by atoms with Gasteiger partial charge in [0.05, 0.1) is 5.56 Å². The van der Waals surface area contributed by atoms with Crippen molar-refractivity contribution in [2.45, 2.75) is 18.9 Å². The van der Waals surface area contributed by atoms with Gasteiger partial charge in [-0.3, -0.25) is 4.79 Å². The van der Waals surface area contributed by atoms with Gasteiger partial charge in [-0.05, 0) is 29.7 Å². The predicted molar refractivity (Wildman–Crippen MR) is 89.1 cm³/mol. The van der Waals surface area contributed by atoms with Crippen LogP contribution in [0, 0.1) is 0 Å². The van der Waals surface area contributed by atoms with Crippen molar-refractivity contribution in [3.63, 3.8) is 0 Å². The maximum Gasteiger partial charge on any atom is 0.253 e. The summed E-state index contributed by atoms with van der Waals surface area (Å²) >= 11 is 1.96. The normalized spacial score (nSPS) is 15.9. The van der Waals surface area contributed by atoms with Gasteiger partial charge in [-0.25, -0.2) is 4.98 Å². The molecule has 2 aromatic rings. The zero-order valence-electron chi connectivity index (χ0n) is 12.1. The van der Waals surface area contributed by atoms with E-state index in [1.165, 1.54) is 0 Å². The lowest BCUT2D eigenvalue weighted by atomic mass is 10.1. The van der Waals surface area contributed by atoms with Crippen molar-refractivity contribution in [3.05, 3.63) is 36.0 Å². The minimum Gasteiger partial charge on any atom is -0.373 e. The third kappa shape index (κ3) is 2.97. The fourth-order valence-electron chi connectivity index (χ4n) is 2.68. The summed E-state index contributed by atoms with van der Waals surface area (Å²) in [5.41, 5.74) is 0.655. The fourth-order valence-corrected chi connectivity index (χ4v) is 3.78. The number of nitrogens with zero attached hydrogens (tertiary/aromatic N) is 1. The van der Waals surface area contributed by atoms with Crippen molar-refractivity contribution in [1.82, 2.24) is 10.3 Å². The Morgan fingerprint density at radius 2 is 1.95 bits per heavy atom. The summed E-state index contributed by atoms with van der Waals surface area (Å²) in [5.74, 6) is 3.04. The molecule has 2 N–H and O–H groups in total. The van der Waals surface area contributed by atoms with Crippen LogP contribution in [0.4, 0.5) is 5.82 Å². The summed E-state index contributed by atoms with van der Waals surface area (Å²) in [5, 5.41) is 8.15. The number of aromatic nitrogens is 1. The van der Waals surface area contributed by atoms with Gasteiger partial charge < -0.3 is 10.6 Å². The van der Waals surface area contributed by atoms with Crippen molar-refractivity contribution in [1.29, 1.82) is 0 Å². The average Bonchev–Trinajstić information content (AvgIpc) is 2.54. The molecule has 21 heavy (non-hydrogen) atoms. The van der Waals surface area contributed by atoms with E-state index in [1.807, 2.05) is 43.1 Å². The monoisotopic (exact) mass is 301 g/mol. The SMILES string of the molecule is CNc1ncc(C(=O)NC2CCSCC2)c2ccccc12. The molecule has 0 aliphatic carbocycles. The van der Waals surface area contributed by atoms with Crippen LogP contribution in [-0.4, -0.2) is 35.5 Å². The van der Waals surface area contributed by atoms with E-state index in [0.717, 1.165) is 40.9 Å². The third-order valence-corrected chi connectivity index (χ3v) is 4.88. The second kappa shape index (κ2) is 6.35. The Bertz CT molecular complexity index is 653. The molecule has 1 saturated heterocycles. The highest BCUT2D eigenvalue weighted by atomic mass is 32.2. The third-order valence-electron chi connectivity index (χ3n) is 3.83. The number of nitrogens with one attached hydrogen (secondary N) is 2. The molecule has 3 rings (SSSR count). The highest BCUT2D eigenvalue weighted by Crippen LogP contribution is 2.24. The molecule has 0 atom stereocenters. The highest BCUT2D eigenvalue weighted by Gasteiger charge is 2.19. The highest BCUT2D eigenvalue weighted by molar-refractivity contribution is 7.99. The smallest absolute Gasteiger partial charge is 0.253 e. The second-order valence-corrected chi connectivity index (χ2v) is 6.40. The molecule has 5 heteroatoms. The summed E-state index contributed by atoms with van der Waals surface area (Å²) in [6.45, 7) is 0. The second-order valence-electron chi connectivity index (χ2n) is 5.18. The van der Waals surface area contributed by atoms with Gasteiger partial charge in [0.1, 0.15) is 5.82 Å². The first-order chi connectivity index (χ1) is 10.3. The van der Waals surface area contributed by atoms with E-state index in [2.05, 4.69) is 15.6 Å². The Labute approximate surface area is 128 Å². The fraction of sp³-hybridized carbons (Fsp3) is 0.375. The van der Waals surface area contributed by atoms with Gasteiger partial charge in [-0.1, -0.05) is 24.3 Å². The van der Waals surface area contributed by atoms with Crippen molar-refractivity contribution >= 4 is 34.3 Å². The number of rotatable bonds is 3. The lowest BCUT2D eigenvalue weighted by molar-refractivity contribution is 0.0936. The van der Waals surface area contributed by atoms with Gasteiger partial charge in [0.15, 0.2) is 0 Å². The Balaban J connectivity index is 1.91. The van der Waals surface area contributed by atoms with Crippen LogP contribution in [0.5, 0.6) is 0 Å². The lowest BCUT2D eigenvalue weighted by Crippen LogP contribution is -2.37. The van der Waals surface area contributed by atoms with Crippen molar-refractivity contribution in [2.24, 2.45) is 0 Å². The van der Waals surface area contributed by atoms with E-state index in [1.54, 1.807) is 6.20 Å². The van der Waals surface area contributed by atoms with E-state index >= 15 is 0 Å². The zero-order chi connectivity index (χ0) is 14.7. The summed E-state index contributed by atoms with van der Waals surface area (Å²) in [7, 11) is 1.84. The average molecular weight is 301 g/mol. The number of benzene rings is 1. The van der Waals surface area contributed by atoms with Crippen LogP contribution in [-0.2, 0) is 0 Å². The molecule has 1 aliphatic rings. The number of hydrogen-bond acceptors (Lipinski definition) is 4. The summed E-state index contributed by atoms with van der Waals surface area (Å²) in [6.07, 6.45) is 3.77. The standard InChI is InChI=1S/C16H19N3OS/c1-17-15-13-5-3-2-4-12(13)14(10-18-15)16(20)19-11-6-8-21-9-7-11/h2-5,10-11H,6-9H2,1H3,(H,17,18)(H,19,20). The molecule has 1 amide bonds. The molecule has 1 aromatic carbocycles. The molecule has 0 bridgehead atoms. The number of amides is 1. The van der Waals surface area contributed by atoms with Crippen LogP contribution in [0.3, 0.4) is 0 Å². The number of hydrogen-bond donors (Lipinski definition) is 2. The van der Waals surface area contributed by atoms with Gasteiger partial charge in [0.25, 0.3) is 5.91 Å². The Hall–Kier alpha value is -1.75. The van der Waals surface area contributed by atoms with Gasteiger partial charge in [-0.2, -0.15) is 11.8 Å². The van der Waals surface area contributed by atoms with E-state index in [0.29, 0.717) is 11.6 Å². The van der Waals surface area contributed by atoms with Crippen LogP contribution in [0.2, 0.25) is 0 Å². The Morgan fingerprint density at radius 3 is 2.67 bits per heavy atom. The van der Waals surface area contributed by atoms with Crippen LogP contribution < -0.4 is 10.6 Å². The molecular weight excluding hydrogens is 282 g/mol. The number of anilines is 1. The van der Waals surface area contributed by atoms with Crippen LogP contribution in [0.15, 0.2) is 30.5 Å². The Morgan fingerprint density at radius 1 is 1.24 bits per heavy atom. The molecule has 0 spiro atoms. The van der Waals surface area contributed by atoms with Gasteiger partial charge in [0, 0.05) is 24.7 Å². The van der Waals surface area contributed by atoms with Gasteiger partial charge >= 0.3 is 0 Å². The number of thioether (sulfide) groups is 1. The quantitative estimate of drug-likeness (QED) is 0.915. The first-order valence-electron chi connectivity index (χ1n) is 7.23. The Kier molecular flexibility index (Phi) is 4.29. The van der Waals surface area contributed by atoms with Crippen LogP contribution in [0.1, 0.15) is 23.2 Å². The van der Waals surface area contributed by atoms with E-state index in [-0.39, 0.29) is 5.91 Å². The maximum atomic E-state index is 12.5. The number of carbonyl (C=O) groups excluding carboxylic acids is 1. The van der Waals surface area contributed by atoms with Gasteiger partial charge in [0.2, 0.25) is 0 Å². The van der Waals surface area contributed by atoms with E-state index in [9.17, 15) is 4.79 Å². The summed E-state index contributed by atoms with van der Waals surface area (Å²) in [4.78, 5) is 16.9. The molecule has 4 nitrogen and oxygen atoms in total. The molecular formula is C16H19N3OS. The van der Waals surface area contributed by atoms with Crippen LogP contribution >= 0.6 is 11.8 Å². The first-order valence-corrected chi connectivity index (χ1v) is 8.39. The van der Waals surface area contributed by atoms with Crippen molar-refractivity contribution in [3.8, 4) is 0 Å². The minimum atomic E-state index is -0.0155. The van der Waals surface area contributed by atoms with Crippen molar-refractivity contribution in [2.75, 3.05) is 23.9 Å². The molecule has 1 aromatic heterocycles. The molecule has 0 unspecified atom stereocenters. The minimum absolute atomic E-state index is 0.0155.